The van der Waals surface area contributed by atoms with E-state index in [9.17, 15) is 0 Å². The third-order valence-corrected chi connectivity index (χ3v) is 2.39. The van der Waals surface area contributed by atoms with Gasteiger partial charge in [0.1, 0.15) is 11.5 Å². The van der Waals surface area contributed by atoms with Crippen LogP contribution in [0, 0.1) is 5.92 Å². The van der Waals surface area contributed by atoms with Crippen molar-refractivity contribution in [1.82, 2.24) is 0 Å². The number of rotatable bonds is 5. The molecule has 90 valence electrons. The van der Waals surface area contributed by atoms with Crippen molar-refractivity contribution in [3.63, 3.8) is 0 Å². The van der Waals surface area contributed by atoms with Crippen LogP contribution in [0.25, 0.3) is 0 Å². The Bertz CT molecular complexity index is 330. The second kappa shape index (κ2) is 5.78. The second-order valence-corrected chi connectivity index (χ2v) is 4.80. The summed E-state index contributed by atoms with van der Waals surface area (Å²) in [4.78, 5) is 0. The predicted molar refractivity (Wildman–Crippen MR) is 67.4 cm³/mol. The predicted octanol–water partition coefficient (Wildman–Crippen LogP) is 3.85. The van der Waals surface area contributed by atoms with Crippen LogP contribution in [0.5, 0.6) is 11.5 Å². The van der Waals surface area contributed by atoms with Gasteiger partial charge >= 0.3 is 0 Å². The summed E-state index contributed by atoms with van der Waals surface area (Å²) in [5, 5.41) is 0. The largest absolute Gasteiger partial charge is 0.497 e. The van der Waals surface area contributed by atoms with E-state index in [0.717, 1.165) is 18.1 Å². The maximum absolute atomic E-state index is 5.72. The van der Waals surface area contributed by atoms with Crippen LogP contribution < -0.4 is 9.47 Å². The van der Waals surface area contributed by atoms with Gasteiger partial charge in [-0.2, -0.15) is 0 Å². The van der Waals surface area contributed by atoms with Gasteiger partial charge in [0.25, 0.3) is 0 Å². The molecule has 0 aliphatic rings. The van der Waals surface area contributed by atoms with Gasteiger partial charge in [0.2, 0.25) is 0 Å². The van der Waals surface area contributed by atoms with Crippen LogP contribution in [-0.2, 0) is 0 Å². The molecule has 0 aliphatic heterocycles. The highest BCUT2D eigenvalue weighted by Crippen LogP contribution is 2.27. The molecule has 16 heavy (non-hydrogen) atoms. The fourth-order valence-electron chi connectivity index (χ4n) is 1.39. The third-order valence-electron chi connectivity index (χ3n) is 2.39. The molecule has 0 amide bonds. The molecule has 0 N–H and O–H groups in total. The molecule has 0 saturated heterocycles. The minimum absolute atomic E-state index is 0.483. The van der Waals surface area contributed by atoms with E-state index in [0.29, 0.717) is 11.8 Å². The Hall–Kier alpha value is -1.18. The normalized spacial score (nSPS) is 10.9. The first-order valence-electron chi connectivity index (χ1n) is 5.84. The van der Waals surface area contributed by atoms with Crippen LogP contribution in [0.3, 0.4) is 0 Å². The summed E-state index contributed by atoms with van der Waals surface area (Å²) in [7, 11) is 1.69. The van der Waals surface area contributed by atoms with Crippen LogP contribution >= 0.6 is 0 Å². The molecule has 2 heteroatoms. The molecule has 2 nitrogen and oxygen atoms in total. The third kappa shape index (κ3) is 3.76. The smallest absolute Gasteiger partial charge is 0.123 e. The zero-order chi connectivity index (χ0) is 12.1. The summed E-state index contributed by atoms with van der Waals surface area (Å²) in [5.74, 6) is 2.78. The van der Waals surface area contributed by atoms with Gasteiger partial charge in [-0.15, -0.1) is 0 Å². The van der Waals surface area contributed by atoms with E-state index in [-0.39, 0.29) is 0 Å². The van der Waals surface area contributed by atoms with E-state index in [1.807, 2.05) is 6.07 Å². The van der Waals surface area contributed by atoms with Crippen LogP contribution in [0.1, 0.15) is 39.2 Å². The van der Waals surface area contributed by atoms with Crippen molar-refractivity contribution in [3.8, 4) is 11.5 Å². The van der Waals surface area contributed by atoms with Crippen molar-refractivity contribution >= 4 is 0 Å². The van der Waals surface area contributed by atoms with Crippen molar-refractivity contribution < 1.29 is 9.47 Å². The van der Waals surface area contributed by atoms with Crippen molar-refractivity contribution in [2.24, 2.45) is 5.92 Å². The molecule has 0 aromatic heterocycles. The lowest BCUT2D eigenvalue weighted by Gasteiger charge is -2.13. The summed E-state index contributed by atoms with van der Waals surface area (Å²) in [6.07, 6.45) is 0. The maximum Gasteiger partial charge on any atom is 0.123 e. The Balaban J connectivity index is 2.86. The molecule has 0 bridgehead atoms. The molecule has 0 atom stereocenters. The topological polar surface area (TPSA) is 18.5 Å². The van der Waals surface area contributed by atoms with E-state index < -0.39 is 0 Å². The van der Waals surface area contributed by atoms with Crippen LogP contribution in [0.15, 0.2) is 18.2 Å². The first-order valence-corrected chi connectivity index (χ1v) is 5.84. The number of benzene rings is 1. The van der Waals surface area contributed by atoms with Gasteiger partial charge in [-0.1, -0.05) is 27.7 Å². The zero-order valence-corrected chi connectivity index (χ0v) is 10.9. The van der Waals surface area contributed by atoms with Crippen LogP contribution in [0.4, 0.5) is 0 Å². The van der Waals surface area contributed by atoms with Crippen molar-refractivity contribution in [1.29, 1.82) is 0 Å². The van der Waals surface area contributed by atoms with Crippen LogP contribution in [-0.4, -0.2) is 13.7 Å². The van der Waals surface area contributed by atoms with Gasteiger partial charge < -0.3 is 9.47 Å². The standard InChI is InChI=1S/C14H22O2/c1-10(2)9-16-14-7-12(11(3)4)6-13(8-14)15-5/h6-8,10-11H,9H2,1-5H3. The van der Waals surface area contributed by atoms with E-state index >= 15 is 0 Å². The molecule has 0 radical (unpaired) electrons. The highest BCUT2D eigenvalue weighted by atomic mass is 16.5. The van der Waals surface area contributed by atoms with E-state index in [2.05, 4.69) is 39.8 Å². The summed E-state index contributed by atoms with van der Waals surface area (Å²) >= 11 is 0. The number of hydrogen-bond acceptors (Lipinski definition) is 2. The maximum atomic E-state index is 5.72. The van der Waals surface area contributed by atoms with E-state index in [1.54, 1.807) is 7.11 Å². The molecule has 0 unspecified atom stereocenters. The number of hydrogen-bond donors (Lipinski definition) is 0. The zero-order valence-electron chi connectivity index (χ0n) is 10.9. The molecule has 0 saturated carbocycles. The Morgan fingerprint density at radius 3 is 2.12 bits per heavy atom. The summed E-state index contributed by atoms with van der Waals surface area (Å²) in [6, 6.07) is 6.09. The summed E-state index contributed by atoms with van der Waals surface area (Å²) in [6.45, 7) is 9.36. The first kappa shape index (κ1) is 12.9. The molecule has 0 aliphatic carbocycles. The van der Waals surface area contributed by atoms with Gasteiger partial charge in [0.05, 0.1) is 13.7 Å². The average molecular weight is 222 g/mol. The quantitative estimate of drug-likeness (QED) is 0.753. The fraction of sp³-hybridized carbons (Fsp3) is 0.571. The van der Waals surface area contributed by atoms with E-state index in [4.69, 9.17) is 9.47 Å². The Kier molecular flexibility index (Phi) is 4.66. The van der Waals surface area contributed by atoms with Crippen molar-refractivity contribution in [3.05, 3.63) is 23.8 Å². The lowest BCUT2D eigenvalue weighted by Crippen LogP contribution is -2.05. The Morgan fingerprint density at radius 2 is 1.62 bits per heavy atom. The van der Waals surface area contributed by atoms with E-state index in [1.165, 1.54) is 5.56 Å². The molecule has 1 rings (SSSR count). The van der Waals surface area contributed by atoms with Gasteiger partial charge in [0.15, 0.2) is 0 Å². The summed E-state index contributed by atoms with van der Waals surface area (Å²) in [5.41, 5.74) is 1.25. The molecular weight excluding hydrogens is 200 g/mol. The highest BCUT2D eigenvalue weighted by molar-refractivity contribution is 5.39. The first-order chi connectivity index (χ1) is 7.52. The number of ether oxygens (including phenoxy) is 2. The minimum atomic E-state index is 0.483. The SMILES string of the molecule is COc1cc(OCC(C)C)cc(C(C)C)c1. The van der Waals surface area contributed by atoms with Crippen molar-refractivity contribution in [2.75, 3.05) is 13.7 Å². The minimum Gasteiger partial charge on any atom is -0.497 e. The lowest BCUT2D eigenvalue weighted by atomic mass is 10.0. The average Bonchev–Trinajstić information content (AvgIpc) is 2.25. The molecular formula is C14H22O2. The molecule has 1 aromatic rings. The van der Waals surface area contributed by atoms with Gasteiger partial charge in [-0.25, -0.2) is 0 Å². The lowest BCUT2D eigenvalue weighted by molar-refractivity contribution is 0.269. The molecule has 1 aromatic carbocycles. The second-order valence-electron chi connectivity index (χ2n) is 4.80. The number of methoxy groups -OCH3 is 1. The highest BCUT2D eigenvalue weighted by Gasteiger charge is 2.06. The molecule has 0 spiro atoms. The molecule has 0 heterocycles. The summed E-state index contributed by atoms with van der Waals surface area (Å²) < 4.78 is 11.0. The Morgan fingerprint density at radius 1 is 1.00 bits per heavy atom. The van der Waals surface area contributed by atoms with Gasteiger partial charge in [-0.05, 0) is 29.5 Å². The monoisotopic (exact) mass is 222 g/mol. The van der Waals surface area contributed by atoms with Crippen LogP contribution in [0.2, 0.25) is 0 Å². The Labute approximate surface area is 98.6 Å². The van der Waals surface area contributed by atoms with Gasteiger partial charge in [0, 0.05) is 6.07 Å². The molecule has 0 fully saturated rings. The van der Waals surface area contributed by atoms with Crippen molar-refractivity contribution in [2.45, 2.75) is 33.6 Å². The fourth-order valence-corrected chi connectivity index (χ4v) is 1.39. The van der Waals surface area contributed by atoms with Gasteiger partial charge in [-0.3, -0.25) is 0 Å².